The van der Waals surface area contributed by atoms with Gasteiger partial charge in [0.05, 0.1) is 6.61 Å². The predicted octanol–water partition coefficient (Wildman–Crippen LogP) is 4.15. The Morgan fingerprint density at radius 1 is 0.852 bits per heavy atom. The minimum absolute atomic E-state index is 0.234. The molecule has 0 saturated heterocycles. The van der Waals surface area contributed by atoms with Crippen LogP contribution in [0, 0.1) is 5.92 Å². The molecule has 7 heteroatoms. The topological polar surface area (TPSA) is 97.3 Å². The molecule has 0 bridgehead atoms. The summed E-state index contributed by atoms with van der Waals surface area (Å²) in [6.07, 6.45) is 13.1. The van der Waals surface area contributed by atoms with Crippen LogP contribution in [0.1, 0.15) is 104 Å². The van der Waals surface area contributed by atoms with Gasteiger partial charge < -0.3 is 4.74 Å². The third-order valence-corrected chi connectivity index (χ3v) is 6.55. The van der Waals surface area contributed by atoms with Crippen molar-refractivity contribution in [1.29, 1.82) is 0 Å². The van der Waals surface area contributed by atoms with E-state index in [0.717, 1.165) is 44.9 Å². The molecular weight excluding hydrogens is 366 g/mol. The normalized spacial score (nSPS) is 14.1. The van der Waals surface area contributed by atoms with Crippen molar-refractivity contribution in [2.45, 2.75) is 109 Å². The molecule has 0 aliphatic carbocycles. The molecule has 0 aliphatic heterocycles. The SMILES string of the molecule is CCCCCCCCCCC(C(=O)OCC(CC)CCCC)S(=O)(=O)O[NH3+]. The maximum atomic E-state index is 12.4. The number of hydrogen-bond acceptors (Lipinski definition) is 5. The molecule has 0 aromatic carbocycles. The minimum atomic E-state index is -4.02. The van der Waals surface area contributed by atoms with Gasteiger partial charge in [-0.1, -0.05) is 95.7 Å². The number of esters is 1. The van der Waals surface area contributed by atoms with Gasteiger partial charge in [-0.3, -0.25) is 4.79 Å². The number of ether oxygens (including phenoxy) is 1. The van der Waals surface area contributed by atoms with Crippen LogP contribution >= 0.6 is 0 Å². The van der Waals surface area contributed by atoms with Gasteiger partial charge in [0.15, 0.2) is 5.25 Å². The van der Waals surface area contributed by atoms with Gasteiger partial charge in [0.2, 0.25) is 0 Å². The quantitative estimate of drug-likeness (QED) is 0.209. The van der Waals surface area contributed by atoms with E-state index in [1.54, 1.807) is 0 Å². The van der Waals surface area contributed by atoms with Crippen LogP contribution < -0.4 is 5.90 Å². The van der Waals surface area contributed by atoms with E-state index in [2.05, 4.69) is 31.0 Å². The molecular formula is C20H42NO5S+. The van der Waals surface area contributed by atoms with Crippen molar-refractivity contribution in [3.63, 3.8) is 0 Å². The second kappa shape index (κ2) is 16.3. The smallest absolute Gasteiger partial charge is 0.327 e. The molecule has 0 aromatic heterocycles. The number of hydrogen-bond donors (Lipinski definition) is 1. The molecule has 2 atom stereocenters. The Morgan fingerprint density at radius 2 is 1.41 bits per heavy atom. The van der Waals surface area contributed by atoms with Crippen LogP contribution in [0.2, 0.25) is 0 Å². The highest BCUT2D eigenvalue weighted by atomic mass is 32.2. The summed E-state index contributed by atoms with van der Waals surface area (Å²) >= 11 is 0. The zero-order valence-corrected chi connectivity index (χ0v) is 18.5. The summed E-state index contributed by atoms with van der Waals surface area (Å²) in [5.41, 5.74) is 0. The van der Waals surface area contributed by atoms with Crippen molar-refractivity contribution in [3.8, 4) is 0 Å². The fourth-order valence-electron chi connectivity index (χ4n) is 3.12. The fraction of sp³-hybridized carbons (Fsp3) is 0.950. The van der Waals surface area contributed by atoms with Crippen molar-refractivity contribution >= 4 is 16.1 Å². The number of quaternary nitrogens is 1. The third kappa shape index (κ3) is 12.4. The molecule has 0 spiro atoms. The number of carbonyl (C=O) groups excluding carboxylic acids is 1. The summed E-state index contributed by atoms with van der Waals surface area (Å²) in [5.74, 6) is 2.58. The van der Waals surface area contributed by atoms with Crippen molar-refractivity contribution in [2.75, 3.05) is 6.61 Å². The monoisotopic (exact) mass is 408 g/mol. The summed E-state index contributed by atoms with van der Waals surface area (Å²) in [5, 5.41) is -1.27. The Kier molecular flexibility index (Phi) is 15.9. The molecule has 0 fully saturated rings. The first-order valence-electron chi connectivity index (χ1n) is 10.8. The summed E-state index contributed by atoms with van der Waals surface area (Å²) < 4.78 is 33.9. The second-order valence-corrected chi connectivity index (χ2v) is 9.20. The highest BCUT2D eigenvalue weighted by Gasteiger charge is 2.36. The van der Waals surface area contributed by atoms with Gasteiger partial charge in [0.25, 0.3) is 0 Å². The van der Waals surface area contributed by atoms with E-state index in [0.29, 0.717) is 6.42 Å². The largest absolute Gasteiger partial charge is 0.464 e. The van der Waals surface area contributed by atoms with Crippen LogP contribution in [0.5, 0.6) is 0 Å². The molecule has 0 rings (SSSR count). The highest BCUT2D eigenvalue weighted by Crippen LogP contribution is 2.18. The average molecular weight is 409 g/mol. The molecule has 0 radical (unpaired) electrons. The zero-order valence-electron chi connectivity index (χ0n) is 17.7. The Balaban J connectivity index is 4.41. The molecule has 0 aromatic rings. The van der Waals surface area contributed by atoms with Crippen LogP contribution in [0.15, 0.2) is 0 Å². The standard InChI is InChI=1S/C20H42NO5S/c1-4-7-9-10-11-12-13-14-16-19(27(23,24)26-21)20(22)25-17-18(6-3)15-8-5-2/h18-19H,4-17H2,1-3,21H3/q+1. The maximum Gasteiger partial charge on any atom is 0.327 e. The molecule has 3 N–H and O–H groups in total. The Hall–Kier alpha value is -0.660. The molecule has 0 aliphatic rings. The number of carbonyl (C=O) groups is 1. The summed E-state index contributed by atoms with van der Waals surface area (Å²) in [4.78, 5) is 12.4. The number of unbranched alkanes of at least 4 members (excludes halogenated alkanes) is 8. The van der Waals surface area contributed by atoms with E-state index >= 15 is 0 Å². The third-order valence-electron chi connectivity index (χ3n) is 5.10. The van der Waals surface area contributed by atoms with E-state index in [9.17, 15) is 13.2 Å². The van der Waals surface area contributed by atoms with Gasteiger partial charge in [-0.25, -0.2) is 0 Å². The van der Waals surface area contributed by atoms with Gasteiger partial charge in [-0.05, 0) is 18.8 Å². The zero-order chi connectivity index (χ0) is 20.5. The fourth-order valence-corrected chi connectivity index (χ4v) is 4.04. The van der Waals surface area contributed by atoms with Crippen molar-refractivity contribution in [2.24, 2.45) is 5.92 Å². The van der Waals surface area contributed by atoms with Crippen LogP contribution in [0.3, 0.4) is 0 Å². The lowest BCUT2D eigenvalue weighted by molar-refractivity contribution is -0.635. The molecule has 0 saturated carbocycles. The van der Waals surface area contributed by atoms with E-state index in [-0.39, 0.29) is 18.9 Å². The van der Waals surface area contributed by atoms with Gasteiger partial charge in [-0.2, -0.15) is 14.3 Å². The lowest BCUT2D eigenvalue weighted by Gasteiger charge is -2.18. The van der Waals surface area contributed by atoms with Crippen LogP contribution in [-0.4, -0.2) is 26.2 Å². The first kappa shape index (κ1) is 26.3. The first-order chi connectivity index (χ1) is 12.9. The predicted molar refractivity (Wildman–Crippen MR) is 108 cm³/mol. The molecule has 0 amide bonds. The maximum absolute atomic E-state index is 12.4. The molecule has 27 heavy (non-hydrogen) atoms. The van der Waals surface area contributed by atoms with Crippen molar-refractivity contribution in [1.82, 2.24) is 0 Å². The lowest BCUT2D eigenvalue weighted by atomic mass is 10.0. The Morgan fingerprint density at radius 3 is 1.93 bits per heavy atom. The number of rotatable bonds is 18. The first-order valence-corrected chi connectivity index (χ1v) is 12.2. The Bertz CT molecular complexity index is 467. The lowest BCUT2D eigenvalue weighted by Crippen LogP contribution is -2.54. The highest BCUT2D eigenvalue weighted by molar-refractivity contribution is 7.88. The van der Waals surface area contributed by atoms with Gasteiger partial charge in [0.1, 0.15) is 0 Å². The summed E-state index contributed by atoms with van der Waals surface area (Å²) in [7, 11) is -4.02. The molecule has 0 heterocycles. The van der Waals surface area contributed by atoms with Crippen LogP contribution in [0.4, 0.5) is 0 Å². The molecule has 6 nitrogen and oxygen atoms in total. The van der Waals surface area contributed by atoms with Gasteiger partial charge >= 0.3 is 16.1 Å². The summed E-state index contributed by atoms with van der Waals surface area (Å²) in [6.45, 7) is 6.64. The van der Waals surface area contributed by atoms with Crippen molar-refractivity contribution < 1.29 is 28.1 Å². The van der Waals surface area contributed by atoms with Crippen LogP contribution in [0.25, 0.3) is 0 Å². The van der Waals surface area contributed by atoms with E-state index in [1.165, 1.54) is 25.7 Å². The second-order valence-electron chi connectivity index (χ2n) is 7.41. The van der Waals surface area contributed by atoms with E-state index in [1.807, 2.05) is 0 Å². The van der Waals surface area contributed by atoms with Gasteiger partial charge in [0, 0.05) is 0 Å². The van der Waals surface area contributed by atoms with E-state index < -0.39 is 21.3 Å². The molecule has 162 valence electrons. The van der Waals surface area contributed by atoms with Crippen molar-refractivity contribution in [3.05, 3.63) is 0 Å². The summed E-state index contributed by atoms with van der Waals surface area (Å²) in [6, 6.07) is 0. The average Bonchev–Trinajstić information content (AvgIpc) is 2.66. The van der Waals surface area contributed by atoms with Crippen LogP contribution in [-0.2, 0) is 23.9 Å². The van der Waals surface area contributed by atoms with E-state index in [4.69, 9.17) is 4.74 Å². The minimum Gasteiger partial charge on any atom is -0.464 e. The Labute approximate surface area is 166 Å². The van der Waals surface area contributed by atoms with Gasteiger partial charge in [-0.15, -0.1) is 0 Å². The molecule has 2 unspecified atom stereocenters.